The first kappa shape index (κ1) is 14.7. The Hall–Kier alpha value is 0.270. The maximum atomic E-state index is 9.83. The maximum Gasteiger partial charge on any atom is 0.0590 e. The van der Waals surface area contributed by atoms with Gasteiger partial charge in [-0.25, -0.2) is 0 Å². The van der Waals surface area contributed by atoms with Crippen LogP contribution in [-0.2, 0) is 0 Å². The van der Waals surface area contributed by atoms with Gasteiger partial charge in [0.1, 0.15) is 0 Å². The zero-order chi connectivity index (χ0) is 13.0. The Balaban J connectivity index is 1.92. The van der Waals surface area contributed by atoms with Gasteiger partial charge in [-0.1, -0.05) is 32.6 Å². The highest BCUT2D eigenvalue weighted by atomic mass is 32.1. The molecule has 2 unspecified atom stereocenters. The van der Waals surface area contributed by atoms with Gasteiger partial charge in [-0.3, -0.25) is 0 Å². The summed E-state index contributed by atoms with van der Waals surface area (Å²) in [4.78, 5) is 2.58. The molecule has 2 rings (SSSR count). The topological polar surface area (TPSA) is 23.5 Å². The molecule has 2 fully saturated rings. The van der Waals surface area contributed by atoms with Gasteiger partial charge >= 0.3 is 0 Å². The Morgan fingerprint density at radius 2 is 1.89 bits per heavy atom. The molecule has 0 aromatic carbocycles. The van der Waals surface area contributed by atoms with Crippen molar-refractivity contribution in [2.45, 2.75) is 58.0 Å². The van der Waals surface area contributed by atoms with E-state index in [1.165, 1.54) is 45.1 Å². The van der Waals surface area contributed by atoms with Crippen molar-refractivity contribution < 1.29 is 5.11 Å². The third kappa shape index (κ3) is 3.64. The number of nitrogens with zero attached hydrogens (tertiary/aromatic N) is 1. The predicted molar refractivity (Wildman–Crippen MR) is 80.2 cm³/mol. The smallest absolute Gasteiger partial charge is 0.0590 e. The fourth-order valence-electron chi connectivity index (χ4n) is 3.68. The fourth-order valence-corrected chi connectivity index (χ4v) is 4.10. The average molecular weight is 271 g/mol. The van der Waals surface area contributed by atoms with Gasteiger partial charge in [0, 0.05) is 19.6 Å². The van der Waals surface area contributed by atoms with E-state index < -0.39 is 0 Å². The summed E-state index contributed by atoms with van der Waals surface area (Å²) >= 11 is 4.66. The lowest BCUT2D eigenvalue weighted by molar-refractivity contribution is 0.0171. The van der Waals surface area contributed by atoms with E-state index in [-0.39, 0.29) is 6.10 Å². The van der Waals surface area contributed by atoms with Gasteiger partial charge in [0.2, 0.25) is 0 Å². The number of aliphatic hydroxyl groups excluding tert-OH is 1. The zero-order valence-corrected chi connectivity index (χ0v) is 12.7. The summed E-state index contributed by atoms with van der Waals surface area (Å²) in [6.45, 7) is 5.52. The molecule has 0 amide bonds. The van der Waals surface area contributed by atoms with Crippen molar-refractivity contribution in [1.29, 1.82) is 0 Å². The molecule has 2 atom stereocenters. The molecule has 2 aliphatic rings. The SMILES string of the molecule is CC1CN(CC2(CS)CCCCCC2)CCC1O. The molecule has 2 nitrogen and oxygen atoms in total. The Bertz CT molecular complexity index is 251. The molecular formula is C15H29NOS. The van der Waals surface area contributed by atoms with E-state index in [0.29, 0.717) is 11.3 Å². The van der Waals surface area contributed by atoms with Gasteiger partial charge in [0.05, 0.1) is 6.10 Å². The lowest BCUT2D eigenvalue weighted by Gasteiger charge is -2.41. The summed E-state index contributed by atoms with van der Waals surface area (Å²) in [5.41, 5.74) is 0.446. The Kier molecular flexibility index (Phi) is 5.40. The highest BCUT2D eigenvalue weighted by Crippen LogP contribution is 2.37. The van der Waals surface area contributed by atoms with Gasteiger partial charge in [-0.15, -0.1) is 0 Å². The summed E-state index contributed by atoms with van der Waals surface area (Å²) in [6, 6.07) is 0. The average Bonchev–Trinajstić information content (AvgIpc) is 2.60. The summed E-state index contributed by atoms with van der Waals surface area (Å²) in [5.74, 6) is 1.46. The number of aliphatic hydroxyl groups is 1. The zero-order valence-electron chi connectivity index (χ0n) is 11.8. The van der Waals surface area contributed by atoms with Crippen LogP contribution >= 0.6 is 12.6 Å². The number of likely N-dealkylation sites (tertiary alicyclic amines) is 1. The molecule has 0 bridgehead atoms. The van der Waals surface area contributed by atoms with Crippen LogP contribution in [0.5, 0.6) is 0 Å². The van der Waals surface area contributed by atoms with E-state index in [4.69, 9.17) is 0 Å². The second-order valence-electron chi connectivity index (χ2n) is 6.64. The monoisotopic (exact) mass is 271 g/mol. The first-order valence-corrected chi connectivity index (χ1v) is 8.30. The van der Waals surface area contributed by atoms with Crippen LogP contribution < -0.4 is 0 Å². The molecule has 1 aliphatic carbocycles. The molecule has 106 valence electrons. The normalized spacial score (nSPS) is 34.2. The molecule has 18 heavy (non-hydrogen) atoms. The molecule has 0 aromatic heterocycles. The molecule has 3 heteroatoms. The van der Waals surface area contributed by atoms with Crippen LogP contribution in [0.4, 0.5) is 0 Å². The number of thiol groups is 1. The van der Waals surface area contributed by atoms with Gasteiger partial charge in [0.15, 0.2) is 0 Å². The lowest BCUT2D eigenvalue weighted by Crippen LogP contribution is -2.47. The van der Waals surface area contributed by atoms with E-state index in [1.807, 2.05) is 0 Å². The maximum absolute atomic E-state index is 9.83. The Labute approximate surface area is 118 Å². The van der Waals surface area contributed by atoms with Crippen LogP contribution in [-0.4, -0.2) is 41.5 Å². The van der Waals surface area contributed by atoms with Crippen molar-refractivity contribution in [3.63, 3.8) is 0 Å². The fraction of sp³-hybridized carbons (Fsp3) is 1.00. The minimum Gasteiger partial charge on any atom is -0.393 e. The predicted octanol–water partition coefficient (Wildman–Crippen LogP) is 2.96. The van der Waals surface area contributed by atoms with Gasteiger partial charge < -0.3 is 10.0 Å². The minimum absolute atomic E-state index is 0.0812. The van der Waals surface area contributed by atoms with Gasteiger partial charge in [-0.2, -0.15) is 12.6 Å². The Morgan fingerprint density at radius 1 is 1.22 bits per heavy atom. The molecule has 1 N–H and O–H groups in total. The molecule has 1 saturated carbocycles. The second-order valence-corrected chi connectivity index (χ2v) is 6.96. The van der Waals surface area contributed by atoms with Crippen LogP contribution in [0.25, 0.3) is 0 Å². The highest BCUT2D eigenvalue weighted by Gasteiger charge is 2.34. The Morgan fingerprint density at radius 3 is 2.44 bits per heavy atom. The largest absolute Gasteiger partial charge is 0.393 e. The van der Waals surface area contributed by atoms with Gasteiger partial charge in [0.25, 0.3) is 0 Å². The summed E-state index contributed by atoms with van der Waals surface area (Å²) in [5, 5.41) is 9.83. The lowest BCUT2D eigenvalue weighted by atomic mass is 9.81. The van der Waals surface area contributed by atoms with Crippen molar-refractivity contribution in [2.24, 2.45) is 11.3 Å². The van der Waals surface area contributed by atoms with Crippen molar-refractivity contribution in [2.75, 3.05) is 25.4 Å². The first-order chi connectivity index (χ1) is 8.65. The van der Waals surface area contributed by atoms with Gasteiger partial charge in [-0.05, 0) is 36.3 Å². The molecule has 1 aliphatic heterocycles. The van der Waals surface area contributed by atoms with E-state index in [2.05, 4.69) is 24.5 Å². The molecule has 0 aromatic rings. The van der Waals surface area contributed by atoms with Crippen LogP contribution in [0.15, 0.2) is 0 Å². The van der Waals surface area contributed by atoms with E-state index in [9.17, 15) is 5.11 Å². The van der Waals surface area contributed by atoms with Crippen LogP contribution in [0.1, 0.15) is 51.9 Å². The third-order valence-corrected chi connectivity index (χ3v) is 5.67. The van der Waals surface area contributed by atoms with E-state index in [0.717, 1.165) is 25.3 Å². The second kappa shape index (κ2) is 6.62. The highest BCUT2D eigenvalue weighted by molar-refractivity contribution is 7.80. The van der Waals surface area contributed by atoms with Crippen molar-refractivity contribution >= 4 is 12.6 Å². The molecular weight excluding hydrogens is 242 g/mol. The van der Waals surface area contributed by atoms with Crippen molar-refractivity contribution in [3.8, 4) is 0 Å². The van der Waals surface area contributed by atoms with Crippen LogP contribution in [0.2, 0.25) is 0 Å². The van der Waals surface area contributed by atoms with E-state index >= 15 is 0 Å². The summed E-state index contributed by atoms with van der Waals surface area (Å²) in [6.07, 6.45) is 9.15. The van der Waals surface area contributed by atoms with Crippen LogP contribution in [0, 0.1) is 11.3 Å². The number of hydrogen-bond donors (Lipinski definition) is 2. The summed E-state index contributed by atoms with van der Waals surface area (Å²) in [7, 11) is 0. The summed E-state index contributed by atoms with van der Waals surface area (Å²) < 4.78 is 0. The standard InChI is InChI=1S/C15H29NOS/c1-13-10-16(9-6-14(13)17)11-15(12-18)7-4-2-3-5-8-15/h13-14,17-18H,2-12H2,1H3. The minimum atomic E-state index is -0.0812. The van der Waals surface area contributed by atoms with Crippen LogP contribution in [0.3, 0.4) is 0 Å². The first-order valence-electron chi connectivity index (χ1n) is 7.66. The van der Waals surface area contributed by atoms with Crippen molar-refractivity contribution in [1.82, 2.24) is 4.90 Å². The number of piperidine rings is 1. The molecule has 0 spiro atoms. The third-order valence-electron chi connectivity index (χ3n) is 5.00. The molecule has 0 radical (unpaired) electrons. The van der Waals surface area contributed by atoms with Crippen molar-refractivity contribution in [3.05, 3.63) is 0 Å². The quantitative estimate of drug-likeness (QED) is 0.609. The number of hydrogen-bond acceptors (Lipinski definition) is 3. The number of rotatable bonds is 3. The van der Waals surface area contributed by atoms with E-state index in [1.54, 1.807) is 0 Å². The molecule has 1 saturated heterocycles. The molecule has 1 heterocycles.